The van der Waals surface area contributed by atoms with Gasteiger partial charge in [-0.25, -0.2) is 4.68 Å². The minimum Gasteiger partial charge on any atom is -0.396 e. The summed E-state index contributed by atoms with van der Waals surface area (Å²) in [6.45, 7) is 3.61. The first-order chi connectivity index (χ1) is 8.30. The van der Waals surface area contributed by atoms with Gasteiger partial charge in [0.1, 0.15) is 0 Å². The molecule has 18 heavy (non-hydrogen) atoms. The Hall–Kier alpha value is -1.98. The highest BCUT2D eigenvalue weighted by Gasteiger charge is 2.38. The van der Waals surface area contributed by atoms with Gasteiger partial charge in [-0.15, -0.1) is 0 Å². The summed E-state index contributed by atoms with van der Waals surface area (Å²) in [5.41, 5.74) is 6.10. The van der Waals surface area contributed by atoms with Crippen molar-refractivity contribution in [1.29, 1.82) is 0 Å². The molecule has 0 spiro atoms. The molecular weight excluding hydrogens is 243 g/mol. The smallest absolute Gasteiger partial charge is 0.396 e. The molecular formula is C12H12F3N3. The largest absolute Gasteiger partial charge is 0.435 e. The second-order valence-electron chi connectivity index (χ2n) is 4.15. The Morgan fingerprint density at radius 1 is 1.22 bits per heavy atom. The predicted molar refractivity (Wildman–Crippen MR) is 62.5 cm³/mol. The van der Waals surface area contributed by atoms with E-state index in [2.05, 4.69) is 5.10 Å². The van der Waals surface area contributed by atoms with Gasteiger partial charge in [-0.05, 0) is 25.5 Å². The van der Waals surface area contributed by atoms with Crippen LogP contribution in [0.15, 0.2) is 24.4 Å². The molecule has 0 saturated heterocycles. The Kier molecular flexibility index (Phi) is 2.80. The topological polar surface area (TPSA) is 43.8 Å². The fraction of sp³-hybridized carbons (Fsp3) is 0.250. The quantitative estimate of drug-likeness (QED) is 0.851. The van der Waals surface area contributed by atoms with Gasteiger partial charge in [0.2, 0.25) is 0 Å². The van der Waals surface area contributed by atoms with Crippen LogP contribution in [0.3, 0.4) is 0 Å². The van der Waals surface area contributed by atoms with Crippen molar-refractivity contribution >= 4 is 5.69 Å². The van der Waals surface area contributed by atoms with Crippen molar-refractivity contribution in [3.63, 3.8) is 0 Å². The molecule has 0 aliphatic heterocycles. The number of anilines is 1. The van der Waals surface area contributed by atoms with Crippen molar-refractivity contribution in [2.24, 2.45) is 0 Å². The van der Waals surface area contributed by atoms with Crippen molar-refractivity contribution in [2.45, 2.75) is 20.0 Å². The number of nitrogens with two attached hydrogens (primary N) is 1. The molecule has 3 nitrogen and oxygen atoms in total. The minimum atomic E-state index is -4.53. The van der Waals surface area contributed by atoms with Crippen LogP contribution in [0.5, 0.6) is 0 Å². The first kappa shape index (κ1) is 12.5. The molecule has 0 aliphatic carbocycles. The standard InChI is InChI=1S/C12H12F3N3/c1-7-3-4-10(8(2)5-7)18-11(12(13,14)15)9(16)6-17-18/h3-6H,16H2,1-2H3. The van der Waals surface area contributed by atoms with Crippen molar-refractivity contribution in [1.82, 2.24) is 9.78 Å². The van der Waals surface area contributed by atoms with Crippen LogP contribution in [0.25, 0.3) is 5.69 Å². The van der Waals surface area contributed by atoms with Gasteiger partial charge < -0.3 is 5.73 Å². The predicted octanol–water partition coefficient (Wildman–Crippen LogP) is 3.09. The Balaban J connectivity index is 2.65. The Labute approximate surface area is 102 Å². The third-order valence-corrected chi connectivity index (χ3v) is 2.65. The number of alkyl halides is 3. The Morgan fingerprint density at radius 3 is 2.44 bits per heavy atom. The van der Waals surface area contributed by atoms with E-state index in [9.17, 15) is 13.2 Å². The molecule has 0 amide bonds. The van der Waals surface area contributed by atoms with Crippen LogP contribution in [0.1, 0.15) is 16.8 Å². The summed E-state index contributed by atoms with van der Waals surface area (Å²) >= 11 is 0. The van der Waals surface area contributed by atoms with Gasteiger partial charge in [0.25, 0.3) is 0 Å². The maximum Gasteiger partial charge on any atom is 0.435 e. The summed E-state index contributed by atoms with van der Waals surface area (Å²) in [6.07, 6.45) is -3.51. The second kappa shape index (κ2) is 4.04. The van der Waals surface area contributed by atoms with Crippen LogP contribution in [-0.4, -0.2) is 9.78 Å². The summed E-state index contributed by atoms with van der Waals surface area (Å²) in [5, 5.41) is 3.71. The summed E-state index contributed by atoms with van der Waals surface area (Å²) in [4.78, 5) is 0. The molecule has 0 atom stereocenters. The molecule has 2 N–H and O–H groups in total. The second-order valence-corrected chi connectivity index (χ2v) is 4.15. The zero-order valence-corrected chi connectivity index (χ0v) is 9.92. The van der Waals surface area contributed by atoms with Crippen LogP contribution in [0, 0.1) is 13.8 Å². The normalized spacial score (nSPS) is 11.8. The van der Waals surface area contributed by atoms with Crippen LogP contribution in [0.2, 0.25) is 0 Å². The number of hydrogen-bond donors (Lipinski definition) is 1. The van der Waals surface area contributed by atoms with Crippen molar-refractivity contribution in [3.8, 4) is 5.69 Å². The van der Waals surface area contributed by atoms with E-state index >= 15 is 0 Å². The summed E-state index contributed by atoms with van der Waals surface area (Å²) in [5.74, 6) is 0. The Bertz CT molecular complexity index is 585. The molecule has 1 aromatic carbocycles. The summed E-state index contributed by atoms with van der Waals surface area (Å²) < 4.78 is 39.5. The van der Waals surface area contributed by atoms with Gasteiger partial charge in [0, 0.05) is 0 Å². The lowest BCUT2D eigenvalue weighted by molar-refractivity contribution is -0.142. The summed E-state index contributed by atoms with van der Waals surface area (Å²) in [6, 6.07) is 5.14. The van der Waals surface area contributed by atoms with E-state index in [4.69, 9.17) is 5.73 Å². The van der Waals surface area contributed by atoms with E-state index in [1.807, 2.05) is 6.92 Å². The number of rotatable bonds is 1. The van der Waals surface area contributed by atoms with Gasteiger partial charge in [-0.3, -0.25) is 0 Å². The first-order valence-electron chi connectivity index (χ1n) is 5.29. The zero-order valence-electron chi connectivity index (χ0n) is 9.92. The zero-order chi connectivity index (χ0) is 13.5. The number of aromatic nitrogens is 2. The van der Waals surface area contributed by atoms with Gasteiger partial charge in [-0.1, -0.05) is 17.7 Å². The van der Waals surface area contributed by atoms with E-state index in [0.29, 0.717) is 11.3 Å². The lowest BCUT2D eigenvalue weighted by Gasteiger charge is -2.13. The molecule has 0 fully saturated rings. The number of hydrogen-bond acceptors (Lipinski definition) is 2. The highest BCUT2D eigenvalue weighted by atomic mass is 19.4. The highest BCUT2D eigenvalue weighted by Crippen LogP contribution is 2.35. The molecule has 0 radical (unpaired) electrons. The molecule has 0 saturated carbocycles. The van der Waals surface area contributed by atoms with Gasteiger partial charge in [0.15, 0.2) is 5.69 Å². The van der Waals surface area contributed by atoms with Crippen LogP contribution in [0.4, 0.5) is 18.9 Å². The van der Waals surface area contributed by atoms with Crippen LogP contribution < -0.4 is 5.73 Å². The SMILES string of the molecule is Cc1ccc(-n2ncc(N)c2C(F)(F)F)c(C)c1. The van der Waals surface area contributed by atoms with Gasteiger partial charge >= 0.3 is 6.18 Å². The third-order valence-electron chi connectivity index (χ3n) is 2.65. The summed E-state index contributed by atoms with van der Waals surface area (Å²) in [7, 11) is 0. The third kappa shape index (κ3) is 2.05. The number of nitrogens with zero attached hydrogens (tertiary/aromatic N) is 2. The first-order valence-corrected chi connectivity index (χ1v) is 5.29. The lowest BCUT2D eigenvalue weighted by atomic mass is 10.1. The number of nitrogen functional groups attached to an aromatic ring is 1. The molecule has 0 bridgehead atoms. The molecule has 2 aromatic rings. The fourth-order valence-corrected chi connectivity index (χ4v) is 1.87. The van der Waals surface area contributed by atoms with Crippen molar-refractivity contribution in [3.05, 3.63) is 41.2 Å². The van der Waals surface area contributed by atoms with Crippen LogP contribution in [-0.2, 0) is 6.18 Å². The molecule has 6 heteroatoms. The molecule has 0 aliphatic rings. The number of halogens is 3. The van der Waals surface area contributed by atoms with E-state index < -0.39 is 11.9 Å². The fourth-order valence-electron chi connectivity index (χ4n) is 1.87. The number of benzene rings is 1. The monoisotopic (exact) mass is 255 g/mol. The number of aryl methyl sites for hydroxylation is 2. The van der Waals surface area contributed by atoms with E-state index in [-0.39, 0.29) is 5.69 Å². The van der Waals surface area contributed by atoms with Crippen LogP contribution >= 0.6 is 0 Å². The lowest BCUT2D eigenvalue weighted by Crippen LogP contribution is -2.15. The Morgan fingerprint density at radius 2 is 1.89 bits per heavy atom. The average Bonchev–Trinajstić information content (AvgIpc) is 2.59. The molecule has 0 unspecified atom stereocenters. The highest BCUT2D eigenvalue weighted by molar-refractivity contribution is 5.50. The maximum atomic E-state index is 12.9. The minimum absolute atomic E-state index is 0.373. The van der Waals surface area contributed by atoms with Gasteiger partial charge in [-0.2, -0.15) is 18.3 Å². The van der Waals surface area contributed by atoms with Crippen molar-refractivity contribution < 1.29 is 13.2 Å². The molecule has 2 rings (SSSR count). The van der Waals surface area contributed by atoms with Crippen molar-refractivity contribution in [2.75, 3.05) is 5.73 Å². The molecule has 1 heterocycles. The molecule has 1 aromatic heterocycles. The average molecular weight is 255 g/mol. The van der Waals surface area contributed by atoms with E-state index in [0.717, 1.165) is 16.4 Å². The van der Waals surface area contributed by atoms with E-state index in [1.165, 1.54) is 0 Å². The van der Waals surface area contributed by atoms with E-state index in [1.54, 1.807) is 25.1 Å². The molecule has 96 valence electrons. The maximum absolute atomic E-state index is 12.9. The van der Waals surface area contributed by atoms with Gasteiger partial charge in [0.05, 0.1) is 17.6 Å².